The van der Waals surface area contributed by atoms with Crippen LogP contribution in [0.15, 0.2) is 12.4 Å². The summed E-state index contributed by atoms with van der Waals surface area (Å²) in [5.74, 6) is -0.564. The largest absolute Gasteiger partial charge is 0.468 e. The van der Waals surface area contributed by atoms with Crippen LogP contribution in [0.2, 0.25) is 0 Å². The molecular weight excluding hydrogens is 210 g/mol. The summed E-state index contributed by atoms with van der Waals surface area (Å²) in [5, 5.41) is 6.60. The smallest absolute Gasteiger partial charge is 0.327 e. The van der Waals surface area contributed by atoms with Crippen LogP contribution >= 0.6 is 0 Å². The Morgan fingerprint density at radius 2 is 2.25 bits per heavy atom. The van der Waals surface area contributed by atoms with Gasteiger partial charge in [0, 0.05) is 12.1 Å². The van der Waals surface area contributed by atoms with Crippen molar-refractivity contribution < 1.29 is 14.3 Å². The number of methoxy groups -OCH3 is 1. The summed E-state index contributed by atoms with van der Waals surface area (Å²) in [6, 6.07) is 0. The molecule has 1 aromatic rings. The molecule has 0 aliphatic rings. The van der Waals surface area contributed by atoms with Gasteiger partial charge in [0.1, 0.15) is 6.54 Å². The van der Waals surface area contributed by atoms with E-state index < -0.39 is 0 Å². The quantitative estimate of drug-likeness (QED) is 0.763. The van der Waals surface area contributed by atoms with E-state index in [1.807, 2.05) is 0 Å². The molecule has 0 aliphatic carbocycles. The second-order valence-corrected chi connectivity index (χ2v) is 3.65. The fraction of sp³-hybridized carbons (Fsp3) is 0.500. The van der Waals surface area contributed by atoms with Crippen molar-refractivity contribution in [2.75, 3.05) is 12.4 Å². The number of carbonyl (C=O) groups excluding carboxylic acids is 2. The van der Waals surface area contributed by atoms with Crippen LogP contribution in [-0.2, 0) is 20.9 Å². The van der Waals surface area contributed by atoms with E-state index in [4.69, 9.17) is 0 Å². The zero-order valence-corrected chi connectivity index (χ0v) is 9.56. The van der Waals surface area contributed by atoms with Crippen molar-refractivity contribution in [2.24, 2.45) is 5.92 Å². The summed E-state index contributed by atoms with van der Waals surface area (Å²) in [5.41, 5.74) is 0.572. The highest BCUT2D eigenvalue weighted by Gasteiger charge is 2.09. The predicted octanol–water partition coefficient (Wildman–Crippen LogP) is 0.651. The van der Waals surface area contributed by atoms with E-state index in [0.717, 1.165) is 0 Å². The molecule has 0 saturated heterocycles. The molecule has 0 aromatic carbocycles. The number of amides is 1. The number of hydrogen-bond acceptors (Lipinski definition) is 4. The molecule has 1 heterocycles. The van der Waals surface area contributed by atoms with Crippen LogP contribution in [-0.4, -0.2) is 28.8 Å². The van der Waals surface area contributed by atoms with Gasteiger partial charge in [0.15, 0.2) is 0 Å². The van der Waals surface area contributed by atoms with Gasteiger partial charge in [-0.25, -0.2) is 0 Å². The van der Waals surface area contributed by atoms with Crippen LogP contribution in [0.4, 0.5) is 5.69 Å². The zero-order chi connectivity index (χ0) is 12.1. The van der Waals surface area contributed by atoms with Crippen molar-refractivity contribution in [3.63, 3.8) is 0 Å². The predicted molar refractivity (Wildman–Crippen MR) is 57.7 cm³/mol. The van der Waals surface area contributed by atoms with Gasteiger partial charge in [-0.05, 0) is 0 Å². The van der Waals surface area contributed by atoms with Crippen LogP contribution in [0.5, 0.6) is 0 Å². The molecule has 0 fully saturated rings. The van der Waals surface area contributed by atoms with E-state index >= 15 is 0 Å². The fourth-order valence-corrected chi connectivity index (χ4v) is 0.998. The number of hydrogen-bond donors (Lipinski definition) is 1. The lowest BCUT2D eigenvalue weighted by Gasteiger charge is -2.04. The molecule has 0 saturated carbocycles. The van der Waals surface area contributed by atoms with Crippen molar-refractivity contribution in [3.8, 4) is 0 Å². The molecule has 0 bridgehead atoms. The van der Waals surface area contributed by atoms with E-state index in [9.17, 15) is 9.59 Å². The number of aromatic nitrogens is 2. The molecule has 1 N–H and O–H groups in total. The first kappa shape index (κ1) is 12.2. The lowest BCUT2D eigenvalue weighted by atomic mass is 10.2. The lowest BCUT2D eigenvalue weighted by Crippen LogP contribution is -2.17. The minimum absolute atomic E-state index is 0.0358. The highest BCUT2D eigenvalue weighted by molar-refractivity contribution is 5.91. The van der Waals surface area contributed by atoms with Crippen molar-refractivity contribution in [3.05, 3.63) is 12.4 Å². The first-order valence-electron chi connectivity index (χ1n) is 4.93. The Bertz CT molecular complexity index is 384. The molecule has 1 amide bonds. The van der Waals surface area contributed by atoms with Crippen LogP contribution < -0.4 is 5.32 Å². The van der Waals surface area contributed by atoms with Gasteiger partial charge >= 0.3 is 5.97 Å². The highest BCUT2D eigenvalue weighted by Crippen LogP contribution is 2.07. The van der Waals surface area contributed by atoms with E-state index in [2.05, 4.69) is 15.2 Å². The number of ether oxygens (including phenoxy) is 1. The van der Waals surface area contributed by atoms with Crippen molar-refractivity contribution in [2.45, 2.75) is 20.4 Å². The molecule has 1 rings (SSSR count). The van der Waals surface area contributed by atoms with E-state index in [-0.39, 0.29) is 24.3 Å². The molecule has 88 valence electrons. The molecule has 0 atom stereocenters. The van der Waals surface area contributed by atoms with Crippen LogP contribution in [0.25, 0.3) is 0 Å². The number of nitrogens with one attached hydrogen (secondary N) is 1. The number of anilines is 1. The summed E-state index contributed by atoms with van der Waals surface area (Å²) < 4.78 is 5.90. The maximum Gasteiger partial charge on any atom is 0.327 e. The average Bonchev–Trinajstić information content (AvgIpc) is 2.65. The third-order valence-electron chi connectivity index (χ3n) is 1.94. The Hall–Kier alpha value is -1.85. The normalized spacial score (nSPS) is 10.2. The monoisotopic (exact) mass is 225 g/mol. The van der Waals surface area contributed by atoms with Gasteiger partial charge in [-0.15, -0.1) is 0 Å². The Kier molecular flexibility index (Phi) is 4.04. The first-order valence-corrected chi connectivity index (χ1v) is 4.93. The number of nitrogens with zero attached hydrogens (tertiary/aromatic N) is 2. The summed E-state index contributed by atoms with van der Waals surface area (Å²) >= 11 is 0. The fourth-order valence-electron chi connectivity index (χ4n) is 0.998. The van der Waals surface area contributed by atoms with Gasteiger partial charge in [0.2, 0.25) is 5.91 Å². The molecule has 6 heteroatoms. The Labute approximate surface area is 93.6 Å². The van der Waals surface area contributed by atoms with Gasteiger partial charge < -0.3 is 10.1 Å². The van der Waals surface area contributed by atoms with Gasteiger partial charge in [-0.1, -0.05) is 13.8 Å². The first-order chi connectivity index (χ1) is 7.52. The van der Waals surface area contributed by atoms with Crippen molar-refractivity contribution >= 4 is 17.6 Å². The highest BCUT2D eigenvalue weighted by atomic mass is 16.5. The number of carbonyl (C=O) groups is 2. The van der Waals surface area contributed by atoms with Gasteiger partial charge in [0.25, 0.3) is 0 Å². The van der Waals surface area contributed by atoms with Gasteiger partial charge in [0.05, 0.1) is 19.0 Å². The molecule has 0 unspecified atom stereocenters. The van der Waals surface area contributed by atoms with E-state index in [1.54, 1.807) is 20.0 Å². The number of rotatable bonds is 4. The summed E-state index contributed by atoms with van der Waals surface area (Å²) in [6.45, 7) is 3.64. The van der Waals surface area contributed by atoms with Crippen LogP contribution in [0.1, 0.15) is 13.8 Å². The van der Waals surface area contributed by atoms with Gasteiger partial charge in [-0.2, -0.15) is 5.10 Å². The van der Waals surface area contributed by atoms with Crippen molar-refractivity contribution in [1.29, 1.82) is 0 Å². The Balaban J connectivity index is 2.58. The Morgan fingerprint density at radius 1 is 1.56 bits per heavy atom. The molecule has 6 nitrogen and oxygen atoms in total. The second-order valence-electron chi connectivity index (χ2n) is 3.65. The molecule has 1 aromatic heterocycles. The van der Waals surface area contributed by atoms with Crippen LogP contribution in [0.3, 0.4) is 0 Å². The van der Waals surface area contributed by atoms with Crippen LogP contribution in [0, 0.1) is 5.92 Å². The summed E-state index contributed by atoms with van der Waals surface area (Å²) in [7, 11) is 1.31. The molecular formula is C10H15N3O3. The summed E-state index contributed by atoms with van der Waals surface area (Å²) in [4.78, 5) is 22.3. The minimum atomic E-state index is -0.384. The Morgan fingerprint density at radius 3 is 2.81 bits per heavy atom. The third kappa shape index (κ3) is 3.38. The lowest BCUT2D eigenvalue weighted by molar-refractivity contribution is -0.141. The number of esters is 1. The average molecular weight is 225 g/mol. The summed E-state index contributed by atoms with van der Waals surface area (Å²) in [6.07, 6.45) is 3.07. The van der Waals surface area contributed by atoms with Gasteiger partial charge in [-0.3, -0.25) is 14.3 Å². The molecule has 16 heavy (non-hydrogen) atoms. The van der Waals surface area contributed by atoms with Crippen molar-refractivity contribution in [1.82, 2.24) is 9.78 Å². The maximum absolute atomic E-state index is 11.4. The topological polar surface area (TPSA) is 73.2 Å². The molecule has 0 radical (unpaired) electrons. The second kappa shape index (κ2) is 5.29. The van der Waals surface area contributed by atoms with E-state index in [1.165, 1.54) is 18.0 Å². The standard InChI is InChI=1S/C10H15N3O3/c1-7(2)10(15)12-8-4-11-13(5-8)6-9(14)16-3/h4-5,7H,6H2,1-3H3,(H,12,15). The molecule has 0 spiro atoms. The SMILES string of the molecule is COC(=O)Cn1cc(NC(=O)C(C)C)cn1. The van der Waals surface area contributed by atoms with E-state index in [0.29, 0.717) is 5.69 Å². The molecule has 0 aliphatic heterocycles. The minimum Gasteiger partial charge on any atom is -0.468 e. The zero-order valence-electron chi connectivity index (χ0n) is 9.56. The third-order valence-corrected chi connectivity index (χ3v) is 1.94. The maximum atomic E-state index is 11.4.